The summed E-state index contributed by atoms with van der Waals surface area (Å²) in [5, 5.41) is 3.80. The maximum Gasteiger partial charge on any atom is 0.0374 e. The van der Waals surface area contributed by atoms with Crippen LogP contribution in [0.25, 0.3) is 0 Å². The van der Waals surface area contributed by atoms with E-state index in [1.54, 1.807) is 0 Å². The first-order valence-electron chi connectivity index (χ1n) is 7.45. The lowest BCUT2D eigenvalue weighted by Crippen LogP contribution is -2.34. The number of nitrogens with one attached hydrogen (secondary N) is 1. The van der Waals surface area contributed by atoms with Crippen molar-refractivity contribution < 1.29 is 0 Å². The number of hydrogen-bond acceptors (Lipinski definition) is 1. The van der Waals surface area contributed by atoms with Crippen molar-refractivity contribution in [2.75, 3.05) is 0 Å². The van der Waals surface area contributed by atoms with Gasteiger partial charge < -0.3 is 5.32 Å². The lowest BCUT2D eigenvalue weighted by molar-refractivity contribution is 0.254. The monoisotopic (exact) mass is 345 g/mol. The lowest BCUT2D eigenvalue weighted by Gasteiger charge is -2.35. The van der Waals surface area contributed by atoms with Crippen LogP contribution in [-0.2, 0) is 0 Å². The highest BCUT2D eigenvalue weighted by atomic mass is 79.9. The van der Waals surface area contributed by atoms with E-state index in [9.17, 15) is 0 Å². The molecule has 0 aliphatic carbocycles. The minimum absolute atomic E-state index is 0.150. The molecule has 0 amide bonds. The van der Waals surface area contributed by atoms with E-state index in [2.05, 4.69) is 104 Å². The zero-order valence-corrected chi connectivity index (χ0v) is 14.8. The fraction of sp³-hybridized carbons (Fsp3) is 0.368. The summed E-state index contributed by atoms with van der Waals surface area (Å²) < 4.78 is 1.16. The second-order valence-electron chi connectivity index (χ2n) is 6.62. The van der Waals surface area contributed by atoms with Crippen LogP contribution in [0.1, 0.15) is 50.9 Å². The van der Waals surface area contributed by atoms with E-state index < -0.39 is 0 Å². The molecular formula is C19H24BrN. The van der Waals surface area contributed by atoms with Gasteiger partial charge in [0.05, 0.1) is 0 Å². The third kappa shape index (κ3) is 4.18. The minimum Gasteiger partial charge on any atom is -0.303 e. The van der Waals surface area contributed by atoms with E-state index in [1.807, 2.05) is 0 Å². The van der Waals surface area contributed by atoms with Crippen molar-refractivity contribution in [2.45, 2.75) is 39.8 Å². The topological polar surface area (TPSA) is 12.0 Å². The van der Waals surface area contributed by atoms with Gasteiger partial charge in [0.2, 0.25) is 0 Å². The molecule has 0 aliphatic rings. The summed E-state index contributed by atoms with van der Waals surface area (Å²) in [6.07, 6.45) is 0. The van der Waals surface area contributed by atoms with Crippen molar-refractivity contribution in [3.8, 4) is 0 Å². The van der Waals surface area contributed by atoms with Crippen molar-refractivity contribution in [1.29, 1.82) is 0 Å². The number of benzene rings is 2. The molecule has 2 aromatic carbocycles. The molecule has 0 heterocycles. The van der Waals surface area contributed by atoms with E-state index in [-0.39, 0.29) is 11.5 Å². The van der Waals surface area contributed by atoms with Crippen LogP contribution in [0.15, 0.2) is 59.1 Å². The van der Waals surface area contributed by atoms with Crippen LogP contribution in [0, 0.1) is 5.41 Å². The van der Waals surface area contributed by atoms with Gasteiger partial charge in [-0.15, -0.1) is 0 Å². The highest BCUT2D eigenvalue weighted by molar-refractivity contribution is 9.10. The molecule has 1 N–H and O–H groups in total. The number of rotatable bonds is 4. The molecule has 0 aliphatic heterocycles. The van der Waals surface area contributed by atoms with Gasteiger partial charge in [0, 0.05) is 16.6 Å². The van der Waals surface area contributed by atoms with Crippen LogP contribution >= 0.6 is 15.9 Å². The largest absolute Gasteiger partial charge is 0.303 e. The van der Waals surface area contributed by atoms with Crippen molar-refractivity contribution in [3.05, 3.63) is 70.2 Å². The summed E-state index contributed by atoms with van der Waals surface area (Å²) in [4.78, 5) is 0. The first-order chi connectivity index (χ1) is 9.89. The van der Waals surface area contributed by atoms with Gasteiger partial charge in [0.1, 0.15) is 0 Å². The van der Waals surface area contributed by atoms with Crippen molar-refractivity contribution >= 4 is 15.9 Å². The minimum atomic E-state index is 0.150. The maximum absolute atomic E-state index is 3.80. The Morgan fingerprint density at radius 3 is 2.05 bits per heavy atom. The molecule has 0 bridgehead atoms. The van der Waals surface area contributed by atoms with Gasteiger partial charge in [0.15, 0.2) is 0 Å². The summed E-state index contributed by atoms with van der Waals surface area (Å²) in [5.74, 6) is 0. The van der Waals surface area contributed by atoms with Crippen LogP contribution in [0.4, 0.5) is 0 Å². The molecule has 21 heavy (non-hydrogen) atoms. The fourth-order valence-corrected chi connectivity index (χ4v) is 3.29. The predicted molar refractivity (Wildman–Crippen MR) is 94.3 cm³/mol. The van der Waals surface area contributed by atoms with Crippen LogP contribution in [-0.4, -0.2) is 0 Å². The Hall–Kier alpha value is -1.12. The van der Waals surface area contributed by atoms with Gasteiger partial charge in [-0.3, -0.25) is 0 Å². The molecule has 112 valence electrons. The normalized spacial score (nSPS) is 14.7. The SMILES string of the molecule is CC(NC(c1ccccc1)C(C)(C)C)c1ccccc1Br. The van der Waals surface area contributed by atoms with E-state index in [0.717, 1.165) is 4.47 Å². The summed E-state index contributed by atoms with van der Waals surface area (Å²) in [6, 6.07) is 19.7. The molecule has 0 aromatic heterocycles. The Morgan fingerprint density at radius 2 is 1.48 bits per heavy atom. The zero-order chi connectivity index (χ0) is 15.5. The van der Waals surface area contributed by atoms with Crippen LogP contribution in [0.3, 0.4) is 0 Å². The van der Waals surface area contributed by atoms with Gasteiger partial charge >= 0.3 is 0 Å². The Labute approximate surface area is 136 Å². The van der Waals surface area contributed by atoms with Gasteiger partial charge in [0.25, 0.3) is 0 Å². The van der Waals surface area contributed by atoms with E-state index in [1.165, 1.54) is 11.1 Å². The molecule has 0 spiro atoms. The third-order valence-electron chi connectivity index (χ3n) is 3.79. The average molecular weight is 346 g/mol. The van der Waals surface area contributed by atoms with Crippen LogP contribution in [0.5, 0.6) is 0 Å². The molecule has 0 saturated heterocycles. The standard InChI is InChI=1S/C19H24BrN/c1-14(16-12-8-9-13-17(16)20)21-18(19(2,3)4)15-10-6-5-7-11-15/h5-14,18,21H,1-4H3. The number of hydrogen-bond donors (Lipinski definition) is 1. The summed E-state index contributed by atoms with van der Waals surface area (Å²) >= 11 is 3.65. The third-order valence-corrected chi connectivity index (χ3v) is 4.51. The molecule has 0 fully saturated rings. The van der Waals surface area contributed by atoms with Crippen LogP contribution in [0.2, 0.25) is 0 Å². The lowest BCUT2D eigenvalue weighted by atomic mass is 9.81. The molecule has 1 nitrogen and oxygen atoms in total. The Balaban J connectivity index is 2.26. The first-order valence-corrected chi connectivity index (χ1v) is 8.24. The van der Waals surface area contributed by atoms with Gasteiger partial charge in [-0.25, -0.2) is 0 Å². The molecular weight excluding hydrogens is 322 g/mol. The molecule has 2 aromatic rings. The Morgan fingerprint density at radius 1 is 0.905 bits per heavy atom. The molecule has 0 radical (unpaired) electrons. The molecule has 2 unspecified atom stereocenters. The van der Waals surface area contributed by atoms with Gasteiger partial charge in [-0.2, -0.15) is 0 Å². The quantitative estimate of drug-likeness (QED) is 0.728. The van der Waals surface area contributed by atoms with Crippen molar-refractivity contribution in [1.82, 2.24) is 5.32 Å². The van der Waals surface area contributed by atoms with E-state index in [0.29, 0.717) is 6.04 Å². The first kappa shape index (κ1) is 16.3. The Bertz CT molecular complexity index is 572. The smallest absolute Gasteiger partial charge is 0.0374 e. The second-order valence-corrected chi connectivity index (χ2v) is 7.47. The van der Waals surface area contributed by atoms with E-state index >= 15 is 0 Å². The fourth-order valence-electron chi connectivity index (χ4n) is 2.66. The summed E-state index contributed by atoms with van der Waals surface area (Å²) in [6.45, 7) is 9.07. The second kappa shape index (κ2) is 6.76. The van der Waals surface area contributed by atoms with Gasteiger partial charge in [-0.05, 0) is 29.5 Å². The molecule has 2 heteroatoms. The Kier molecular flexibility index (Phi) is 5.23. The van der Waals surface area contributed by atoms with Crippen molar-refractivity contribution in [2.24, 2.45) is 5.41 Å². The van der Waals surface area contributed by atoms with Crippen LogP contribution < -0.4 is 5.32 Å². The predicted octanol–water partition coefficient (Wildman–Crippen LogP) is 5.89. The highest BCUT2D eigenvalue weighted by Gasteiger charge is 2.27. The number of halogens is 1. The highest BCUT2D eigenvalue weighted by Crippen LogP contribution is 2.35. The summed E-state index contributed by atoms with van der Waals surface area (Å²) in [5.41, 5.74) is 2.78. The average Bonchev–Trinajstić information content (AvgIpc) is 2.44. The van der Waals surface area contributed by atoms with Gasteiger partial charge in [-0.1, -0.05) is 85.2 Å². The van der Waals surface area contributed by atoms with E-state index in [4.69, 9.17) is 0 Å². The molecule has 2 rings (SSSR count). The maximum atomic E-state index is 3.80. The molecule has 0 saturated carbocycles. The molecule has 2 atom stereocenters. The zero-order valence-electron chi connectivity index (χ0n) is 13.2. The van der Waals surface area contributed by atoms with Crippen molar-refractivity contribution in [3.63, 3.8) is 0 Å². The summed E-state index contributed by atoms with van der Waals surface area (Å²) in [7, 11) is 0.